The highest BCUT2D eigenvalue weighted by Crippen LogP contribution is 2.19. The number of nitrogens with zero attached hydrogens (tertiary/aromatic N) is 6. The van der Waals surface area contributed by atoms with Gasteiger partial charge in [0.2, 0.25) is 5.82 Å². The van der Waals surface area contributed by atoms with Crippen molar-refractivity contribution < 1.29 is 4.79 Å². The van der Waals surface area contributed by atoms with Gasteiger partial charge in [-0.2, -0.15) is 5.10 Å². The van der Waals surface area contributed by atoms with Gasteiger partial charge in [-0.3, -0.25) is 14.0 Å². The van der Waals surface area contributed by atoms with E-state index in [1.807, 2.05) is 30.8 Å². The van der Waals surface area contributed by atoms with E-state index in [1.165, 1.54) is 0 Å². The van der Waals surface area contributed by atoms with Crippen molar-refractivity contribution in [3.63, 3.8) is 0 Å². The van der Waals surface area contributed by atoms with Gasteiger partial charge in [0.15, 0.2) is 5.82 Å². The van der Waals surface area contributed by atoms with Crippen LogP contribution < -0.4 is 0 Å². The number of amides is 1. The number of likely N-dealkylation sites (N-methyl/N-ethyl adjacent to an activating group) is 1. The molecule has 0 radical (unpaired) electrons. The van der Waals surface area contributed by atoms with E-state index in [9.17, 15) is 4.79 Å². The minimum absolute atomic E-state index is 0.0570. The molecule has 1 amide bonds. The van der Waals surface area contributed by atoms with Gasteiger partial charge in [-0.25, -0.2) is 0 Å². The van der Waals surface area contributed by atoms with Crippen LogP contribution in [0.5, 0.6) is 0 Å². The molecule has 0 aromatic carbocycles. The molecule has 7 nitrogen and oxygen atoms in total. The van der Waals surface area contributed by atoms with E-state index < -0.39 is 0 Å². The predicted molar refractivity (Wildman–Crippen MR) is 63.8 cm³/mol. The Hall–Kier alpha value is -2.18. The standard InChI is InChI=1S/C11H14N6O/c1-3-16-6-7-17-9(8-4-5-15(2)14-8)12-13-10(17)11(16)18/h4-5H,3,6-7H2,1-2H3. The molecule has 3 rings (SSSR count). The van der Waals surface area contributed by atoms with E-state index in [-0.39, 0.29) is 5.91 Å². The van der Waals surface area contributed by atoms with Crippen molar-refractivity contribution in [3.8, 4) is 11.5 Å². The zero-order valence-electron chi connectivity index (χ0n) is 10.4. The maximum absolute atomic E-state index is 12.1. The first-order valence-corrected chi connectivity index (χ1v) is 5.93. The van der Waals surface area contributed by atoms with Crippen LogP contribution in [0.1, 0.15) is 17.5 Å². The van der Waals surface area contributed by atoms with Gasteiger partial charge >= 0.3 is 0 Å². The Bertz CT molecular complexity index is 598. The third-order valence-electron chi connectivity index (χ3n) is 3.15. The second kappa shape index (κ2) is 3.94. The van der Waals surface area contributed by atoms with Crippen LogP contribution in [0, 0.1) is 0 Å². The molecule has 18 heavy (non-hydrogen) atoms. The average molecular weight is 246 g/mol. The molecule has 0 N–H and O–H groups in total. The summed E-state index contributed by atoms with van der Waals surface area (Å²) in [7, 11) is 1.85. The van der Waals surface area contributed by atoms with Crippen LogP contribution in [0.3, 0.4) is 0 Å². The predicted octanol–water partition coefficient (Wildman–Crippen LogP) is 0.154. The summed E-state index contributed by atoms with van der Waals surface area (Å²) in [5, 5.41) is 12.4. The molecule has 0 saturated carbocycles. The van der Waals surface area contributed by atoms with Crippen molar-refractivity contribution >= 4 is 5.91 Å². The molecule has 0 saturated heterocycles. The summed E-state index contributed by atoms with van der Waals surface area (Å²) in [4.78, 5) is 13.8. The molecule has 0 spiro atoms. The lowest BCUT2D eigenvalue weighted by Gasteiger charge is -2.25. The number of fused-ring (bicyclic) bond motifs is 1. The highest BCUT2D eigenvalue weighted by molar-refractivity contribution is 5.91. The van der Waals surface area contributed by atoms with Gasteiger partial charge < -0.3 is 4.90 Å². The summed E-state index contributed by atoms with van der Waals surface area (Å²) >= 11 is 0. The Morgan fingerprint density at radius 3 is 2.72 bits per heavy atom. The minimum Gasteiger partial charge on any atom is -0.334 e. The van der Waals surface area contributed by atoms with E-state index in [0.29, 0.717) is 31.3 Å². The molecule has 0 aliphatic carbocycles. The molecule has 2 aromatic heterocycles. The highest BCUT2D eigenvalue weighted by atomic mass is 16.2. The van der Waals surface area contributed by atoms with Crippen LogP contribution in [0.4, 0.5) is 0 Å². The Morgan fingerprint density at radius 2 is 2.06 bits per heavy atom. The number of aromatic nitrogens is 5. The highest BCUT2D eigenvalue weighted by Gasteiger charge is 2.28. The smallest absolute Gasteiger partial charge is 0.291 e. The van der Waals surface area contributed by atoms with Crippen molar-refractivity contribution in [2.24, 2.45) is 7.05 Å². The van der Waals surface area contributed by atoms with Crippen LogP contribution in [-0.2, 0) is 13.6 Å². The maximum Gasteiger partial charge on any atom is 0.291 e. The van der Waals surface area contributed by atoms with Crippen molar-refractivity contribution in [2.75, 3.05) is 13.1 Å². The number of carbonyl (C=O) groups is 1. The molecule has 0 unspecified atom stereocenters. The van der Waals surface area contributed by atoms with Gasteiger partial charge in [0, 0.05) is 32.9 Å². The van der Waals surface area contributed by atoms with Crippen LogP contribution in [-0.4, -0.2) is 48.4 Å². The van der Waals surface area contributed by atoms with Gasteiger partial charge in [0.25, 0.3) is 5.91 Å². The van der Waals surface area contributed by atoms with Crippen molar-refractivity contribution in [2.45, 2.75) is 13.5 Å². The van der Waals surface area contributed by atoms with Crippen molar-refractivity contribution in [3.05, 3.63) is 18.1 Å². The molecular weight excluding hydrogens is 232 g/mol. The van der Waals surface area contributed by atoms with E-state index >= 15 is 0 Å². The molecule has 0 bridgehead atoms. The zero-order valence-corrected chi connectivity index (χ0v) is 10.4. The van der Waals surface area contributed by atoms with Crippen LogP contribution in [0.25, 0.3) is 11.5 Å². The van der Waals surface area contributed by atoms with Crippen molar-refractivity contribution in [1.29, 1.82) is 0 Å². The van der Waals surface area contributed by atoms with Crippen molar-refractivity contribution in [1.82, 2.24) is 29.4 Å². The van der Waals surface area contributed by atoms with Gasteiger partial charge in [0.05, 0.1) is 0 Å². The molecule has 7 heteroatoms. The summed E-state index contributed by atoms with van der Waals surface area (Å²) in [6, 6.07) is 1.87. The average Bonchev–Trinajstić information content (AvgIpc) is 2.96. The van der Waals surface area contributed by atoms with Gasteiger partial charge in [-0.1, -0.05) is 0 Å². The largest absolute Gasteiger partial charge is 0.334 e. The summed E-state index contributed by atoms with van der Waals surface area (Å²) in [6.45, 7) is 4.07. The number of rotatable bonds is 2. The summed E-state index contributed by atoms with van der Waals surface area (Å²) in [5.41, 5.74) is 0.744. The lowest BCUT2D eigenvalue weighted by Crippen LogP contribution is -2.40. The second-order valence-electron chi connectivity index (χ2n) is 4.26. The fourth-order valence-corrected chi connectivity index (χ4v) is 2.16. The first-order valence-electron chi connectivity index (χ1n) is 5.93. The molecule has 94 valence electrons. The monoisotopic (exact) mass is 246 g/mol. The van der Waals surface area contributed by atoms with E-state index in [0.717, 1.165) is 5.69 Å². The quantitative estimate of drug-likeness (QED) is 0.756. The zero-order chi connectivity index (χ0) is 12.7. The fourth-order valence-electron chi connectivity index (χ4n) is 2.16. The maximum atomic E-state index is 12.1. The SMILES string of the molecule is CCN1CCn2c(nnc2-c2ccn(C)n2)C1=O. The molecule has 2 aromatic rings. The molecule has 3 heterocycles. The third-order valence-corrected chi connectivity index (χ3v) is 3.15. The van der Waals surface area contributed by atoms with E-state index in [4.69, 9.17) is 0 Å². The second-order valence-corrected chi connectivity index (χ2v) is 4.26. The van der Waals surface area contributed by atoms with Gasteiger partial charge in [-0.15, -0.1) is 10.2 Å². The normalized spacial score (nSPS) is 15.0. The molecule has 0 fully saturated rings. The first-order chi connectivity index (χ1) is 8.70. The Kier molecular flexibility index (Phi) is 2.39. The Morgan fingerprint density at radius 1 is 1.28 bits per heavy atom. The summed E-state index contributed by atoms with van der Waals surface area (Å²) < 4.78 is 3.55. The summed E-state index contributed by atoms with van der Waals surface area (Å²) in [5.74, 6) is 1.01. The summed E-state index contributed by atoms with van der Waals surface area (Å²) in [6.07, 6.45) is 1.85. The lowest BCUT2D eigenvalue weighted by molar-refractivity contribution is 0.0707. The Balaban J connectivity index is 2.04. The molecule has 1 aliphatic rings. The molecular formula is C11H14N6O. The van der Waals surface area contributed by atoms with Crippen LogP contribution in [0.15, 0.2) is 12.3 Å². The van der Waals surface area contributed by atoms with E-state index in [2.05, 4.69) is 15.3 Å². The molecule has 0 atom stereocenters. The van der Waals surface area contributed by atoms with Crippen LogP contribution >= 0.6 is 0 Å². The fraction of sp³-hybridized carbons (Fsp3) is 0.455. The lowest BCUT2D eigenvalue weighted by atomic mass is 10.3. The Labute approximate surface area is 104 Å². The van der Waals surface area contributed by atoms with Gasteiger partial charge in [-0.05, 0) is 13.0 Å². The van der Waals surface area contributed by atoms with Crippen LogP contribution in [0.2, 0.25) is 0 Å². The number of aryl methyl sites for hydroxylation is 1. The van der Waals surface area contributed by atoms with Gasteiger partial charge in [0.1, 0.15) is 5.69 Å². The number of hydrogen-bond acceptors (Lipinski definition) is 4. The first kappa shape index (κ1) is 10.9. The minimum atomic E-state index is -0.0570. The number of hydrogen-bond donors (Lipinski definition) is 0. The third kappa shape index (κ3) is 1.51. The molecule has 1 aliphatic heterocycles. The number of carbonyl (C=O) groups excluding carboxylic acids is 1. The topological polar surface area (TPSA) is 68.8 Å². The van der Waals surface area contributed by atoms with E-state index in [1.54, 1.807) is 9.58 Å².